The van der Waals surface area contributed by atoms with Crippen LogP contribution in [0, 0.1) is 6.92 Å². The highest BCUT2D eigenvalue weighted by atomic mass is 32.1. The summed E-state index contributed by atoms with van der Waals surface area (Å²) in [5.74, 6) is 0.543. The van der Waals surface area contributed by atoms with Crippen molar-refractivity contribution >= 4 is 17.2 Å². The van der Waals surface area contributed by atoms with E-state index in [9.17, 15) is 4.79 Å². The molecule has 118 valence electrons. The molecule has 1 aromatic heterocycles. The van der Waals surface area contributed by atoms with Crippen molar-refractivity contribution in [1.29, 1.82) is 0 Å². The number of thiazole rings is 1. The summed E-state index contributed by atoms with van der Waals surface area (Å²) in [6.07, 6.45) is 0. The second kappa shape index (κ2) is 7.05. The van der Waals surface area contributed by atoms with Crippen molar-refractivity contribution in [3.05, 3.63) is 40.5 Å². The third-order valence-electron chi connectivity index (χ3n) is 3.75. The maximum absolute atomic E-state index is 12.3. The summed E-state index contributed by atoms with van der Waals surface area (Å²) in [5.41, 5.74) is 2.95. The molecule has 0 saturated heterocycles. The van der Waals surface area contributed by atoms with Gasteiger partial charge in [-0.25, -0.2) is 4.98 Å². The smallest absolute Gasteiger partial charge is 0.253 e. The van der Waals surface area contributed by atoms with E-state index in [1.165, 1.54) is 4.88 Å². The van der Waals surface area contributed by atoms with Crippen LogP contribution in [-0.2, 0) is 0 Å². The summed E-state index contributed by atoms with van der Waals surface area (Å²) in [7, 11) is 0. The molecule has 2 aromatic rings. The number of carbonyl (C=O) groups is 1. The van der Waals surface area contributed by atoms with Crippen molar-refractivity contribution in [3.63, 3.8) is 0 Å². The minimum absolute atomic E-state index is 0.0976. The molecule has 1 aromatic carbocycles. The molecule has 22 heavy (non-hydrogen) atoms. The van der Waals surface area contributed by atoms with Crippen LogP contribution in [0.4, 0.5) is 0 Å². The Hall–Kier alpha value is -1.68. The van der Waals surface area contributed by atoms with Gasteiger partial charge in [0.25, 0.3) is 5.91 Å². The van der Waals surface area contributed by atoms with E-state index in [1.54, 1.807) is 11.3 Å². The van der Waals surface area contributed by atoms with Gasteiger partial charge in [0.15, 0.2) is 0 Å². The first-order valence-electron chi connectivity index (χ1n) is 7.84. The highest BCUT2D eigenvalue weighted by Crippen LogP contribution is 2.33. The SMILES string of the molecule is CCN(CC)C(=O)c1ccc(-c2sc(C(C)C)nc2C)cc1. The number of amides is 1. The van der Waals surface area contributed by atoms with Crippen LogP contribution in [0.2, 0.25) is 0 Å². The van der Waals surface area contributed by atoms with E-state index in [0.29, 0.717) is 5.92 Å². The van der Waals surface area contributed by atoms with Gasteiger partial charge in [0.1, 0.15) is 0 Å². The topological polar surface area (TPSA) is 33.2 Å². The molecule has 0 aliphatic heterocycles. The number of hydrogen-bond acceptors (Lipinski definition) is 3. The zero-order chi connectivity index (χ0) is 16.3. The van der Waals surface area contributed by atoms with Gasteiger partial charge in [-0.05, 0) is 38.5 Å². The second-order valence-electron chi connectivity index (χ2n) is 5.68. The summed E-state index contributed by atoms with van der Waals surface area (Å²) >= 11 is 1.74. The molecule has 0 spiro atoms. The van der Waals surface area contributed by atoms with Gasteiger partial charge < -0.3 is 4.90 Å². The lowest BCUT2D eigenvalue weighted by Gasteiger charge is -2.18. The first kappa shape index (κ1) is 16.7. The predicted octanol–water partition coefficient (Wildman–Crippen LogP) is 4.72. The molecule has 0 unspecified atom stereocenters. The van der Waals surface area contributed by atoms with E-state index >= 15 is 0 Å². The van der Waals surface area contributed by atoms with Crippen molar-refractivity contribution < 1.29 is 4.79 Å². The average molecular weight is 316 g/mol. The van der Waals surface area contributed by atoms with Crippen LogP contribution in [0.25, 0.3) is 10.4 Å². The van der Waals surface area contributed by atoms with Crippen molar-refractivity contribution in [1.82, 2.24) is 9.88 Å². The summed E-state index contributed by atoms with van der Waals surface area (Å²) < 4.78 is 0. The summed E-state index contributed by atoms with van der Waals surface area (Å²) in [4.78, 5) is 20.0. The lowest BCUT2D eigenvalue weighted by atomic mass is 10.1. The van der Waals surface area contributed by atoms with E-state index < -0.39 is 0 Å². The van der Waals surface area contributed by atoms with Crippen LogP contribution in [0.3, 0.4) is 0 Å². The third-order valence-corrected chi connectivity index (χ3v) is 5.26. The zero-order valence-electron chi connectivity index (χ0n) is 14.0. The Bertz CT molecular complexity index is 640. The Morgan fingerprint density at radius 2 is 1.77 bits per heavy atom. The van der Waals surface area contributed by atoms with Crippen LogP contribution in [-0.4, -0.2) is 28.9 Å². The molecule has 3 nitrogen and oxygen atoms in total. The minimum Gasteiger partial charge on any atom is -0.339 e. The quantitative estimate of drug-likeness (QED) is 0.799. The Labute approximate surface area is 137 Å². The summed E-state index contributed by atoms with van der Waals surface area (Å²) in [6, 6.07) is 7.90. The maximum Gasteiger partial charge on any atom is 0.253 e. The van der Waals surface area contributed by atoms with Crippen LogP contribution < -0.4 is 0 Å². The molecule has 0 aliphatic rings. The number of aryl methyl sites for hydroxylation is 1. The normalized spacial score (nSPS) is 11.0. The number of carbonyl (C=O) groups excluding carboxylic acids is 1. The molecule has 4 heteroatoms. The lowest BCUT2D eigenvalue weighted by Crippen LogP contribution is -2.30. The number of rotatable bonds is 5. The molecule has 0 N–H and O–H groups in total. The maximum atomic E-state index is 12.3. The number of nitrogens with zero attached hydrogens (tertiary/aromatic N) is 2. The fourth-order valence-electron chi connectivity index (χ4n) is 2.39. The van der Waals surface area contributed by atoms with E-state index in [1.807, 2.05) is 49.9 Å². The molecule has 1 heterocycles. The van der Waals surface area contributed by atoms with Crippen LogP contribution >= 0.6 is 11.3 Å². The zero-order valence-corrected chi connectivity index (χ0v) is 14.8. The predicted molar refractivity (Wildman–Crippen MR) is 93.6 cm³/mol. The van der Waals surface area contributed by atoms with E-state index in [0.717, 1.165) is 34.9 Å². The molecular formula is C18H24N2OS. The molecule has 1 amide bonds. The third kappa shape index (κ3) is 3.38. The lowest BCUT2D eigenvalue weighted by molar-refractivity contribution is 0.0773. The molecule has 0 radical (unpaired) electrons. The highest BCUT2D eigenvalue weighted by molar-refractivity contribution is 7.15. The second-order valence-corrected chi connectivity index (χ2v) is 6.71. The highest BCUT2D eigenvalue weighted by Gasteiger charge is 2.15. The minimum atomic E-state index is 0.0976. The van der Waals surface area contributed by atoms with Crippen LogP contribution in [0.5, 0.6) is 0 Å². The van der Waals surface area contributed by atoms with Crippen molar-refractivity contribution in [2.24, 2.45) is 0 Å². The summed E-state index contributed by atoms with van der Waals surface area (Å²) in [5, 5.41) is 1.16. The Morgan fingerprint density at radius 1 is 1.18 bits per heavy atom. The molecule has 0 aliphatic carbocycles. The van der Waals surface area contributed by atoms with E-state index in [2.05, 4.69) is 18.8 Å². The monoisotopic (exact) mass is 316 g/mol. The molecule has 2 rings (SSSR count). The Balaban J connectivity index is 2.27. The fraction of sp³-hybridized carbons (Fsp3) is 0.444. The van der Waals surface area contributed by atoms with Gasteiger partial charge in [0.2, 0.25) is 0 Å². The number of aromatic nitrogens is 1. The Morgan fingerprint density at radius 3 is 2.23 bits per heavy atom. The fourth-order valence-corrected chi connectivity index (χ4v) is 3.46. The standard InChI is InChI=1S/C18H24N2OS/c1-6-20(7-2)18(21)15-10-8-14(9-11-15)16-13(5)19-17(22-16)12(3)4/h8-12H,6-7H2,1-5H3. The molecule has 0 fully saturated rings. The number of hydrogen-bond donors (Lipinski definition) is 0. The van der Waals surface area contributed by atoms with Gasteiger partial charge in [0, 0.05) is 24.6 Å². The van der Waals surface area contributed by atoms with Crippen LogP contribution in [0.1, 0.15) is 54.7 Å². The first-order valence-corrected chi connectivity index (χ1v) is 8.66. The molecule has 0 saturated carbocycles. The van der Waals surface area contributed by atoms with E-state index in [4.69, 9.17) is 0 Å². The van der Waals surface area contributed by atoms with Crippen molar-refractivity contribution in [2.45, 2.75) is 40.5 Å². The Kier molecular flexibility index (Phi) is 5.35. The van der Waals surface area contributed by atoms with Crippen LogP contribution in [0.15, 0.2) is 24.3 Å². The van der Waals surface area contributed by atoms with Gasteiger partial charge in [-0.1, -0.05) is 26.0 Å². The van der Waals surface area contributed by atoms with Crippen molar-refractivity contribution in [3.8, 4) is 10.4 Å². The molecular weight excluding hydrogens is 292 g/mol. The van der Waals surface area contributed by atoms with Gasteiger partial charge in [-0.3, -0.25) is 4.79 Å². The van der Waals surface area contributed by atoms with E-state index in [-0.39, 0.29) is 5.91 Å². The summed E-state index contributed by atoms with van der Waals surface area (Å²) in [6.45, 7) is 11.9. The first-order chi connectivity index (χ1) is 10.5. The average Bonchev–Trinajstić information content (AvgIpc) is 2.91. The van der Waals surface area contributed by atoms with Gasteiger partial charge in [0.05, 0.1) is 15.6 Å². The largest absolute Gasteiger partial charge is 0.339 e. The molecule has 0 atom stereocenters. The molecule has 0 bridgehead atoms. The van der Waals surface area contributed by atoms with Gasteiger partial charge in [-0.15, -0.1) is 11.3 Å². The number of benzene rings is 1. The van der Waals surface area contributed by atoms with Gasteiger partial charge >= 0.3 is 0 Å². The van der Waals surface area contributed by atoms with Crippen molar-refractivity contribution in [2.75, 3.05) is 13.1 Å². The van der Waals surface area contributed by atoms with Gasteiger partial charge in [-0.2, -0.15) is 0 Å².